The van der Waals surface area contributed by atoms with Gasteiger partial charge in [0.15, 0.2) is 12.3 Å². The zero-order chi connectivity index (χ0) is 24.2. The van der Waals surface area contributed by atoms with Crippen molar-refractivity contribution in [2.75, 3.05) is 19.6 Å². The second-order valence-electron chi connectivity index (χ2n) is 8.12. The van der Waals surface area contributed by atoms with Gasteiger partial charge in [-0.3, -0.25) is 25.3 Å². The normalized spacial score (nSPS) is 22.0. The van der Waals surface area contributed by atoms with Crippen molar-refractivity contribution >= 4 is 24.7 Å². The Hall–Kier alpha value is -3.06. The van der Waals surface area contributed by atoms with Gasteiger partial charge in [0.1, 0.15) is 12.7 Å². The number of carboxylic acids is 1. The lowest BCUT2D eigenvalue weighted by Gasteiger charge is -2.41. The number of hydroxylamine groups is 1. The van der Waals surface area contributed by atoms with E-state index in [-0.39, 0.29) is 19.3 Å². The highest BCUT2D eigenvalue weighted by molar-refractivity contribution is 5.82. The number of carbonyl (C=O) groups excluding carboxylic acids is 2. The number of nitrogens with one attached hydrogen (secondary N) is 5. The SMILES string of the molecule is O=CNC(CCCCNC1N=CCN1)(C1CCNO1)C(NC(=O)OCc1ccccc1)C(=O)O. The molecular weight excluding hydrogens is 444 g/mol. The number of hydrogen-bond acceptors (Lipinski definition) is 9. The monoisotopic (exact) mass is 476 g/mol. The summed E-state index contributed by atoms with van der Waals surface area (Å²) in [5.74, 6) is -1.30. The molecule has 4 atom stereocenters. The Kier molecular flexibility index (Phi) is 9.76. The number of unbranched alkanes of at least 4 members (excludes halogenated alkanes) is 1. The van der Waals surface area contributed by atoms with Crippen molar-refractivity contribution < 1.29 is 29.1 Å². The molecule has 0 spiro atoms. The number of amides is 2. The van der Waals surface area contributed by atoms with Crippen molar-refractivity contribution in [2.24, 2.45) is 4.99 Å². The van der Waals surface area contributed by atoms with Crippen molar-refractivity contribution in [3.63, 3.8) is 0 Å². The van der Waals surface area contributed by atoms with Gasteiger partial charge in [-0.25, -0.2) is 15.1 Å². The van der Waals surface area contributed by atoms with Gasteiger partial charge in [0.25, 0.3) is 0 Å². The van der Waals surface area contributed by atoms with Gasteiger partial charge in [0.05, 0.1) is 5.54 Å². The van der Waals surface area contributed by atoms with E-state index in [4.69, 9.17) is 9.57 Å². The minimum atomic E-state index is -1.47. The number of aliphatic carboxylic acids is 1. The Labute approximate surface area is 197 Å². The lowest BCUT2D eigenvalue weighted by Crippen LogP contribution is -2.69. The second-order valence-corrected chi connectivity index (χ2v) is 8.12. The average Bonchev–Trinajstić information content (AvgIpc) is 3.56. The average molecular weight is 477 g/mol. The van der Waals surface area contributed by atoms with Crippen LogP contribution in [0.1, 0.15) is 31.2 Å². The maximum Gasteiger partial charge on any atom is 0.408 e. The molecule has 1 saturated heterocycles. The minimum Gasteiger partial charge on any atom is -0.480 e. The van der Waals surface area contributed by atoms with Gasteiger partial charge in [0.2, 0.25) is 6.41 Å². The van der Waals surface area contributed by atoms with E-state index in [0.717, 1.165) is 5.56 Å². The molecule has 2 heterocycles. The molecule has 0 saturated carbocycles. The first-order valence-corrected chi connectivity index (χ1v) is 11.3. The van der Waals surface area contributed by atoms with E-state index in [0.29, 0.717) is 45.3 Å². The summed E-state index contributed by atoms with van der Waals surface area (Å²) >= 11 is 0. The number of aliphatic imine (C=N–C) groups is 1. The van der Waals surface area contributed by atoms with Crippen LogP contribution in [0.5, 0.6) is 0 Å². The van der Waals surface area contributed by atoms with Crippen LogP contribution < -0.4 is 26.7 Å². The molecule has 4 unspecified atom stereocenters. The first kappa shape index (κ1) is 25.6. The molecule has 12 nitrogen and oxygen atoms in total. The molecule has 186 valence electrons. The maximum absolute atomic E-state index is 12.5. The first-order chi connectivity index (χ1) is 16.5. The summed E-state index contributed by atoms with van der Waals surface area (Å²) in [6.45, 7) is 1.82. The molecule has 1 aromatic carbocycles. The summed E-state index contributed by atoms with van der Waals surface area (Å²) in [6, 6.07) is 7.57. The molecule has 0 radical (unpaired) electrons. The molecule has 2 aliphatic heterocycles. The number of ether oxygens (including phenoxy) is 1. The third kappa shape index (κ3) is 6.97. The fraction of sp³-hybridized carbons (Fsp3) is 0.545. The number of alkyl carbamates (subject to hydrolysis) is 1. The predicted octanol–water partition coefficient (Wildman–Crippen LogP) is -0.138. The van der Waals surface area contributed by atoms with Gasteiger partial charge in [-0.2, -0.15) is 0 Å². The molecule has 12 heteroatoms. The van der Waals surface area contributed by atoms with Gasteiger partial charge < -0.3 is 20.5 Å². The van der Waals surface area contributed by atoms with E-state index in [1.807, 2.05) is 18.2 Å². The minimum absolute atomic E-state index is 0.0159. The largest absolute Gasteiger partial charge is 0.480 e. The molecule has 3 rings (SSSR count). The van der Waals surface area contributed by atoms with Gasteiger partial charge in [-0.1, -0.05) is 30.3 Å². The number of benzene rings is 1. The third-order valence-corrected chi connectivity index (χ3v) is 5.89. The Bertz CT molecular complexity index is 834. The van der Waals surface area contributed by atoms with Gasteiger partial charge in [0, 0.05) is 19.3 Å². The van der Waals surface area contributed by atoms with Crippen LogP contribution in [0.4, 0.5) is 4.79 Å². The summed E-state index contributed by atoms with van der Waals surface area (Å²) in [4.78, 5) is 46.2. The van der Waals surface area contributed by atoms with E-state index in [9.17, 15) is 19.5 Å². The molecule has 1 fully saturated rings. The summed E-state index contributed by atoms with van der Waals surface area (Å²) < 4.78 is 5.23. The Balaban J connectivity index is 1.66. The van der Waals surface area contributed by atoms with Gasteiger partial charge in [-0.05, 0) is 37.8 Å². The fourth-order valence-corrected chi connectivity index (χ4v) is 4.20. The lowest BCUT2D eigenvalue weighted by atomic mass is 9.78. The van der Waals surface area contributed by atoms with Crippen LogP contribution in [0.25, 0.3) is 0 Å². The van der Waals surface area contributed by atoms with Crippen LogP contribution in [0.3, 0.4) is 0 Å². The smallest absolute Gasteiger partial charge is 0.408 e. The van der Waals surface area contributed by atoms with E-state index in [1.165, 1.54) is 0 Å². The highest BCUT2D eigenvalue weighted by Crippen LogP contribution is 2.29. The summed E-state index contributed by atoms with van der Waals surface area (Å²) in [5.41, 5.74) is 2.12. The number of nitrogens with zero attached hydrogens (tertiary/aromatic N) is 1. The quantitative estimate of drug-likeness (QED) is 0.158. The van der Waals surface area contributed by atoms with Crippen LogP contribution in [-0.4, -0.2) is 73.4 Å². The van der Waals surface area contributed by atoms with Crippen LogP contribution >= 0.6 is 0 Å². The van der Waals surface area contributed by atoms with Gasteiger partial charge >= 0.3 is 12.1 Å². The zero-order valence-electron chi connectivity index (χ0n) is 18.9. The molecule has 34 heavy (non-hydrogen) atoms. The maximum atomic E-state index is 12.5. The topological polar surface area (TPSA) is 162 Å². The number of hydrogen-bond donors (Lipinski definition) is 6. The Morgan fingerprint density at radius 1 is 1.32 bits per heavy atom. The molecule has 0 bridgehead atoms. The fourth-order valence-electron chi connectivity index (χ4n) is 4.20. The van der Waals surface area contributed by atoms with Crippen LogP contribution in [0, 0.1) is 0 Å². The Morgan fingerprint density at radius 2 is 2.15 bits per heavy atom. The van der Waals surface area contributed by atoms with Gasteiger partial charge in [-0.15, -0.1) is 0 Å². The van der Waals surface area contributed by atoms with Crippen molar-refractivity contribution in [1.82, 2.24) is 26.7 Å². The first-order valence-electron chi connectivity index (χ1n) is 11.3. The molecule has 0 aliphatic carbocycles. The molecule has 1 aromatic rings. The highest BCUT2D eigenvalue weighted by Gasteiger charge is 2.51. The van der Waals surface area contributed by atoms with E-state index in [2.05, 4.69) is 31.7 Å². The van der Waals surface area contributed by atoms with E-state index < -0.39 is 29.7 Å². The van der Waals surface area contributed by atoms with Crippen molar-refractivity contribution in [3.05, 3.63) is 35.9 Å². The molecule has 0 aromatic heterocycles. The number of rotatable bonds is 14. The highest BCUT2D eigenvalue weighted by atomic mass is 16.7. The third-order valence-electron chi connectivity index (χ3n) is 5.89. The van der Waals surface area contributed by atoms with E-state index >= 15 is 0 Å². The molecule has 2 amide bonds. The van der Waals surface area contributed by atoms with Crippen LogP contribution in [0.2, 0.25) is 0 Å². The van der Waals surface area contributed by atoms with Crippen molar-refractivity contribution in [2.45, 2.75) is 56.3 Å². The number of carboxylic acid groups (broad SMARTS) is 1. The second kappa shape index (κ2) is 13.0. The molecule has 6 N–H and O–H groups in total. The standard InChI is InChI=1S/C22H32N6O6/c29-15-26-22(17-8-11-27-34-17,9-4-5-10-23-20-24-12-13-25-20)18(19(30)31)28-21(32)33-14-16-6-2-1-3-7-16/h1-3,6-7,12,15,17-18,20,23,25,27H,4-5,8-11,13-14H2,(H,26,29)(H,28,32)(H,30,31). The van der Waals surface area contributed by atoms with Crippen LogP contribution in [0.15, 0.2) is 35.3 Å². The van der Waals surface area contributed by atoms with Crippen LogP contribution in [-0.2, 0) is 25.8 Å². The summed E-state index contributed by atoms with van der Waals surface area (Å²) in [5, 5.41) is 21.5. The summed E-state index contributed by atoms with van der Waals surface area (Å²) in [7, 11) is 0. The number of carbonyl (C=O) groups is 3. The molecule has 2 aliphatic rings. The van der Waals surface area contributed by atoms with Crippen molar-refractivity contribution in [1.29, 1.82) is 0 Å². The Morgan fingerprint density at radius 3 is 2.79 bits per heavy atom. The van der Waals surface area contributed by atoms with E-state index in [1.54, 1.807) is 18.3 Å². The summed E-state index contributed by atoms with van der Waals surface area (Å²) in [6.07, 6.45) is 2.53. The predicted molar refractivity (Wildman–Crippen MR) is 123 cm³/mol. The molecular formula is C22H32N6O6. The lowest BCUT2D eigenvalue weighted by molar-refractivity contribution is -0.146. The van der Waals surface area contributed by atoms with Crippen molar-refractivity contribution in [3.8, 4) is 0 Å². The zero-order valence-corrected chi connectivity index (χ0v) is 18.9.